The van der Waals surface area contributed by atoms with Crippen LogP contribution in [0.5, 0.6) is 11.5 Å². The molecule has 2 aromatic rings. The number of nitrogens with two attached hydrogens (primary N) is 1. The van der Waals surface area contributed by atoms with E-state index >= 15 is 0 Å². The van der Waals surface area contributed by atoms with E-state index < -0.39 is 0 Å². The molecule has 0 amide bonds. The number of benzene rings is 1. The molecule has 0 spiro atoms. The molecule has 3 nitrogen and oxygen atoms in total. The predicted octanol–water partition coefficient (Wildman–Crippen LogP) is 4.01. The highest BCUT2D eigenvalue weighted by atomic mass is 79.9. The van der Waals surface area contributed by atoms with Crippen molar-refractivity contribution in [3.05, 3.63) is 51.8 Å². The second-order valence-corrected chi connectivity index (χ2v) is 5.50. The topological polar surface area (TPSA) is 48.1 Å². The molecule has 0 aliphatic heterocycles. The van der Waals surface area contributed by atoms with Crippen LogP contribution < -0.4 is 10.5 Å². The minimum absolute atomic E-state index is 0.640. The first kappa shape index (κ1) is 15.0. The van der Waals surface area contributed by atoms with Crippen LogP contribution in [0.1, 0.15) is 23.9 Å². The molecule has 0 atom stereocenters. The van der Waals surface area contributed by atoms with Gasteiger partial charge >= 0.3 is 0 Å². The molecular weight excluding hydrogens is 316 g/mol. The van der Waals surface area contributed by atoms with E-state index in [-0.39, 0.29) is 0 Å². The molecule has 0 aliphatic carbocycles. The van der Waals surface area contributed by atoms with Crippen LogP contribution in [0.4, 0.5) is 0 Å². The molecule has 1 aromatic carbocycles. The number of pyridine rings is 1. The van der Waals surface area contributed by atoms with Gasteiger partial charge in [-0.1, -0.05) is 28.9 Å². The van der Waals surface area contributed by atoms with Gasteiger partial charge in [0.15, 0.2) is 0 Å². The summed E-state index contributed by atoms with van der Waals surface area (Å²) in [5, 5.41) is 0. The normalized spacial score (nSPS) is 10.6. The van der Waals surface area contributed by atoms with Crippen LogP contribution in [0.2, 0.25) is 0 Å². The van der Waals surface area contributed by atoms with Crippen molar-refractivity contribution in [2.45, 2.75) is 26.7 Å². The minimum Gasteiger partial charge on any atom is -0.455 e. The number of rotatable bonds is 5. The lowest BCUT2D eigenvalue weighted by Gasteiger charge is -2.11. The summed E-state index contributed by atoms with van der Waals surface area (Å²) < 4.78 is 6.97. The summed E-state index contributed by atoms with van der Waals surface area (Å²) in [6.07, 6.45) is 1.70. The third kappa shape index (κ3) is 3.58. The smallest absolute Gasteiger partial charge is 0.148 e. The molecule has 2 N–H and O–H groups in total. The second-order valence-electron chi connectivity index (χ2n) is 4.64. The molecule has 2 rings (SSSR count). The van der Waals surface area contributed by atoms with Crippen LogP contribution in [-0.2, 0) is 12.8 Å². The molecule has 0 fully saturated rings. The predicted molar refractivity (Wildman–Crippen MR) is 85.3 cm³/mol. The quantitative estimate of drug-likeness (QED) is 0.898. The zero-order chi connectivity index (χ0) is 14.5. The van der Waals surface area contributed by atoms with Crippen LogP contribution in [-0.4, -0.2) is 11.5 Å². The molecule has 0 unspecified atom stereocenters. The molecule has 0 bridgehead atoms. The Hall–Kier alpha value is -1.39. The van der Waals surface area contributed by atoms with E-state index in [1.54, 1.807) is 0 Å². The largest absolute Gasteiger partial charge is 0.455 e. The van der Waals surface area contributed by atoms with Gasteiger partial charge in [-0.05, 0) is 56.1 Å². The van der Waals surface area contributed by atoms with E-state index in [0.717, 1.165) is 40.2 Å². The zero-order valence-corrected chi connectivity index (χ0v) is 13.4. The van der Waals surface area contributed by atoms with Gasteiger partial charge in [0.25, 0.3) is 0 Å². The zero-order valence-electron chi connectivity index (χ0n) is 11.8. The Morgan fingerprint density at radius 2 is 2.05 bits per heavy atom. The summed E-state index contributed by atoms with van der Waals surface area (Å²) in [5.74, 6) is 1.62. The first-order valence-electron chi connectivity index (χ1n) is 6.77. The average molecular weight is 335 g/mol. The summed E-state index contributed by atoms with van der Waals surface area (Å²) in [5.41, 5.74) is 8.76. The van der Waals surface area contributed by atoms with Crippen molar-refractivity contribution in [1.82, 2.24) is 4.98 Å². The third-order valence-electron chi connectivity index (χ3n) is 3.07. The van der Waals surface area contributed by atoms with Gasteiger partial charge in [0.2, 0.25) is 0 Å². The Bertz CT molecular complexity index is 599. The summed E-state index contributed by atoms with van der Waals surface area (Å²) in [6.45, 7) is 4.71. The number of ether oxygens (including phenoxy) is 1. The van der Waals surface area contributed by atoms with Crippen molar-refractivity contribution >= 4 is 15.9 Å². The fourth-order valence-corrected chi connectivity index (χ4v) is 2.58. The molecule has 106 valence electrons. The highest BCUT2D eigenvalue weighted by molar-refractivity contribution is 9.10. The van der Waals surface area contributed by atoms with Crippen LogP contribution in [0.3, 0.4) is 0 Å². The van der Waals surface area contributed by atoms with Gasteiger partial charge in [-0.2, -0.15) is 0 Å². The van der Waals surface area contributed by atoms with Gasteiger partial charge in [0.05, 0.1) is 5.69 Å². The van der Waals surface area contributed by atoms with Gasteiger partial charge < -0.3 is 10.5 Å². The Labute approximate surface area is 128 Å². The van der Waals surface area contributed by atoms with Crippen LogP contribution in [0.25, 0.3) is 0 Å². The van der Waals surface area contributed by atoms with E-state index in [2.05, 4.69) is 27.8 Å². The maximum Gasteiger partial charge on any atom is 0.148 e. The summed E-state index contributed by atoms with van der Waals surface area (Å²) >= 11 is 3.56. The Morgan fingerprint density at radius 1 is 1.25 bits per heavy atom. The standard InChI is InChI=1S/C16H19BrN2O/c1-3-15-16(7-4-11(2)19-15)20-13-6-5-12(8-9-18)14(17)10-13/h4-7,10H,3,8-9,18H2,1-2H3. The van der Waals surface area contributed by atoms with E-state index in [0.29, 0.717) is 6.54 Å². The molecule has 20 heavy (non-hydrogen) atoms. The Balaban J connectivity index is 2.24. The van der Waals surface area contributed by atoms with Gasteiger partial charge in [-0.15, -0.1) is 0 Å². The summed E-state index contributed by atoms with van der Waals surface area (Å²) in [4.78, 5) is 4.50. The van der Waals surface area contributed by atoms with Gasteiger partial charge in [-0.3, -0.25) is 4.98 Å². The highest BCUT2D eigenvalue weighted by Crippen LogP contribution is 2.29. The average Bonchev–Trinajstić information content (AvgIpc) is 2.44. The van der Waals surface area contributed by atoms with Crippen molar-refractivity contribution in [1.29, 1.82) is 0 Å². The summed E-state index contributed by atoms with van der Waals surface area (Å²) in [7, 11) is 0. The molecule has 0 aliphatic rings. The SMILES string of the molecule is CCc1nc(C)ccc1Oc1ccc(CCN)c(Br)c1. The number of halogens is 1. The fourth-order valence-electron chi connectivity index (χ4n) is 2.02. The number of aromatic nitrogens is 1. The maximum atomic E-state index is 5.95. The number of hydrogen-bond donors (Lipinski definition) is 1. The molecule has 0 radical (unpaired) electrons. The highest BCUT2D eigenvalue weighted by Gasteiger charge is 2.07. The molecule has 1 heterocycles. The van der Waals surface area contributed by atoms with Crippen molar-refractivity contribution < 1.29 is 4.74 Å². The molecule has 0 saturated carbocycles. The van der Waals surface area contributed by atoms with Crippen LogP contribution in [0, 0.1) is 6.92 Å². The van der Waals surface area contributed by atoms with Crippen molar-refractivity contribution in [2.24, 2.45) is 5.73 Å². The monoisotopic (exact) mass is 334 g/mol. The van der Waals surface area contributed by atoms with Crippen LogP contribution >= 0.6 is 15.9 Å². The maximum absolute atomic E-state index is 5.95. The number of aryl methyl sites for hydroxylation is 2. The van der Waals surface area contributed by atoms with Gasteiger partial charge in [-0.25, -0.2) is 0 Å². The van der Waals surface area contributed by atoms with Crippen LogP contribution in [0.15, 0.2) is 34.8 Å². The lowest BCUT2D eigenvalue weighted by atomic mass is 10.1. The molecule has 4 heteroatoms. The first-order chi connectivity index (χ1) is 9.63. The van der Waals surface area contributed by atoms with E-state index in [1.165, 1.54) is 5.56 Å². The van der Waals surface area contributed by atoms with Crippen molar-refractivity contribution in [2.75, 3.05) is 6.54 Å². The number of nitrogens with zero attached hydrogens (tertiary/aromatic N) is 1. The minimum atomic E-state index is 0.640. The third-order valence-corrected chi connectivity index (χ3v) is 3.81. The fraction of sp³-hybridized carbons (Fsp3) is 0.312. The molecule has 0 saturated heterocycles. The summed E-state index contributed by atoms with van der Waals surface area (Å²) in [6, 6.07) is 9.92. The van der Waals surface area contributed by atoms with Gasteiger partial charge in [0.1, 0.15) is 11.5 Å². The first-order valence-corrected chi connectivity index (χ1v) is 7.56. The van der Waals surface area contributed by atoms with Crippen molar-refractivity contribution in [3.63, 3.8) is 0 Å². The Morgan fingerprint density at radius 3 is 2.70 bits per heavy atom. The molecular formula is C16H19BrN2O. The van der Waals surface area contributed by atoms with E-state index in [9.17, 15) is 0 Å². The lowest BCUT2D eigenvalue weighted by molar-refractivity contribution is 0.472. The molecule has 1 aromatic heterocycles. The Kier molecular flexibility index (Phi) is 5.15. The number of hydrogen-bond acceptors (Lipinski definition) is 3. The van der Waals surface area contributed by atoms with Crippen molar-refractivity contribution in [3.8, 4) is 11.5 Å². The van der Waals surface area contributed by atoms with E-state index in [1.807, 2.05) is 37.3 Å². The second kappa shape index (κ2) is 6.86. The van der Waals surface area contributed by atoms with E-state index in [4.69, 9.17) is 10.5 Å². The lowest BCUT2D eigenvalue weighted by Crippen LogP contribution is -2.03. The van der Waals surface area contributed by atoms with Gasteiger partial charge in [0, 0.05) is 10.2 Å².